The van der Waals surface area contributed by atoms with Crippen LogP contribution in [0.25, 0.3) is 0 Å². The van der Waals surface area contributed by atoms with Gasteiger partial charge in [0.15, 0.2) is 0 Å². The summed E-state index contributed by atoms with van der Waals surface area (Å²) >= 11 is 0. The van der Waals surface area contributed by atoms with E-state index in [1.807, 2.05) is 7.05 Å². The fourth-order valence-electron chi connectivity index (χ4n) is 1.35. The van der Waals surface area contributed by atoms with E-state index in [0.29, 0.717) is 0 Å². The normalized spacial score (nSPS) is 27.8. The first-order chi connectivity index (χ1) is 4.33. The van der Waals surface area contributed by atoms with Gasteiger partial charge in [0.1, 0.15) is 0 Å². The maximum absolute atomic E-state index is 3.29. The van der Waals surface area contributed by atoms with Gasteiger partial charge in [0.05, 0.1) is 0 Å². The molecule has 1 nitrogen and oxygen atoms in total. The molecule has 9 heavy (non-hydrogen) atoms. The van der Waals surface area contributed by atoms with Crippen molar-refractivity contribution >= 4 is 0 Å². The molecule has 0 heterocycles. The Hall–Kier alpha value is -0.300. The lowest BCUT2D eigenvalue weighted by molar-refractivity contribution is 0.503. The Bertz CT molecular complexity index is 116. The maximum Gasteiger partial charge on any atom is 0.0104 e. The van der Waals surface area contributed by atoms with Gasteiger partial charge in [-0.3, -0.25) is 0 Å². The van der Waals surface area contributed by atoms with E-state index in [2.05, 4.69) is 18.3 Å². The van der Waals surface area contributed by atoms with E-state index in [4.69, 9.17) is 0 Å². The molecule has 0 fully saturated rings. The average Bonchev–Trinajstić information content (AvgIpc) is 1.88. The average molecular weight is 125 g/mol. The van der Waals surface area contributed by atoms with E-state index >= 15 is 0 Å². The Morgan fingerprint density at radius 1 is 1.67 bits per heavy atom. The summed E-state index contributed by atoms with van der Waals surface area (Å²) in [6.07, 6.45) is 6.16. The van der Waals surface area contributed by atoms with Crippen LogP contribution >= 0.6 is 0 Å². The Morgan fingerprint density at radius 2 is 2.44 bits per heavy atom. The number of rotatable bonds is 1. The van der Waals surface area contributed by atoms with Gasteiger partial charge in [0.2, 0.25) is 0 Å². The van der Waals surface area contributed by atoms with E-state index in [-0.39, 0.29) is 0 Å². The van der Waals surface area contributed by atoms with Crippen molar-refractivity contribution in [3.8, 4) is 0 Å². The highest BCUT2D eigenvalue weighted by atomic mass is 14.9. The van der Waals surface area contributed by atoms with Crippen LogP contribution in [0.1, 0.15) is 26.2 Å². The summed E-state index contributed by atoms with van der Waals surface area (Å²) in [6.45, 7) is 2.21. The quantitative estimate of drug-likeness (QED) is 0.526. The lowest BCUT2D eigenvalue weighted by Gasteiger charge is -2.19. The smallest absolute Gasteiger partial charge is 0.0104 e. The molecule has 1 rings (SSSR count). The second kappa shape index (κ2) is 3.02. The Kier molecular flexibility index (Phi) is 2.29. The SMILES string of the molecule is CNC1CCC=C(C)C1. The molecule has 0 radical (unpaired) electrons. The molecular weight excluding hydrogens is 110 g/mol. The summed E-state index contributed by atoms with van der Waals surface area (Å²) in [4.78, 5) is 0. The molecule has 1 N–H and O–H groups in total. The second-order valence-corrected chi connectivity index (χ2v) is 2.82. The van der Waals surface area contributed by atoms with Crippen LogP contribution in [0.5, 0.6) is 0 Å². The van der Waals surface area contributed by atoms with Crippen LogP contribution < -0.4 is 5.32 Å². The van der Waals surface area contributed by atoms with Crippen molar-refractivity contribution in [1.29, 1.82) is 0 Å². The largest absolute Gasteiger partial charge is 0.317 e. The van der Waals surface area contributed by atoms with Crippen LogP contribution in [0.4, 0.5) is 0 Å². The minimum atomic E-state index is 0.745. The standard InChI is InChI=1S/C8H15N/c1-7-4-3-5-8(6-7)9-2/h4,8-9H,3,5-6H2,1-2H3. The molecule has 1 aliphatic rings. The third-order valence-corrected chi connectivity index (χ3v) is 1.98. The van der Waals surface area contributed by atoms with Crippen molar-refractivity contribution in [1.82, 2.24) is 5.32 Å². The predicted molar refractivity (Wildman–Crippen MR) is 40.5 cm³/mol. The van der Waals surface area contributed by atoms with E-state index in [1.54, 1.807) is 5.57 Å². The molecular formula is C8H15N. The number of nitrogens with one attached hydrogen (secondary N) is 1. The van der Waals surface area contributed by atoms with Crippen LogP contribution in [0.2, 0.25) is 0 Å². The van der Waals surface area contributed by atoms with E-state index < -0.39 is 0 Å². The second-order valence-electron chi connectivity index (χ2n) is 2.82. The van der Waals surface area contributed by atoms with Crippen molar-refractivity contribution < 1.29 is 0 Å². The summed E-state index contributed by atoms with van der Waals surface area (Å²) in [6, 6.07) is 0.745. The third kappa shape index (κ3) is 1.83. The molecule has 1 aliphatic carbocycles. The van der Waals surface area contributed by atoms with Crippen molar-refractivity contribution in [2.24, 2.45) is 0 Å². The lowest BCUT2D eigenvalue weighted by atomic mass is 9.96. The van der Waals surface area contributed by atoms with Crippen molar-refractivity contribution in [3.05, 3.63) is 11.6 Å². The molecule has 0 aliphatic heterocycles. The summed E-state index contributed by atoms with van der Waals surface area (Å²) in [5, 5.41) is 3.29. The highest BCUT2D eigenvalue weighted by molar-refractivity contribution is 5.04. The van der Waals surface area contributed by atoms with Crippen LogP contribution in [0.3, 0.4) is 0 Å². The van der Waals surface area contributed by atoms with Crippen molar-refractivity contribution in [3.63, 3.8) is 0 Å². The zero-order valence-corrected chi connectivity index (χ0v) is 6.28. The van der Waals surface area contributed by atoms with E-state index in [9.17, 15) is 0 Å². The fourth-order valence-corrected chi connectivity index (χ4v) is 1.35. The first-order valence-electron chi connectivity index (χ1n) is 3.66. The molecule has 0 amide bonds. The molecule has 0 saturated heterocycles. The van der Waals surface area contributed by atoms with Gasteiger partial charge in [-0.1, -0.05) is 11.6 Å². The first-order valence-corrected chi connectivity index (χ1v) is 3.66. The Balaban J connectivity index is 2.39. The molecule has 0 aromatic heterocycles. The molecule has 1 unspecified atom stereocenters. The number of allylic oxidation sites excluding steroid dienone is 1. The van der Waals surface area contributed by atoms with Gasteiger partial charge in [0.25, 0.3) is 0 Å². The van der Waals surface area contributed by atoms with Gasteiger partial charge in [-0.2, -0.15) is 0 Å². The molecule has 52 valence electrons. The first kappa shape index (κ1) is 6.81. The van der Waals surface area contributed by atoms with E-state index in [0.717, 1.165) is 6.04 Å². The highest BCUT2D eigenvalue weighted by Gasteiger charge is 2.09. The topological polar surface area (TPSA) is 12.0 Å². The summed E-state index contributed by atoms with van der Waals surface area (Å²) in [5.74, 6) is 0. The van der Waals surface area contributed by atoms with Crippen molar-refractivity contribution in [2.45, 2.75) is 32.2 Å². The molecule has 0 aromatic carbocycles. The van der Waals surface area contributed by atoms with Gasteiger partial charge in [0, 0.05) is 6.04 Å². The van der Waals surface area contributed by atoms with Gasteiger partial charge >= 0.3 is 0 Å². The summed E-state index contributed by atoms with van der Waals surface area (Å²) in [7, 11) is 2.04. The molecule has 0 spiro atoms. The van der Waals surface area contributed by atoms with Gasteiger partial charge in [-0.05, 0) is 33.2 Å². The monoisotopic (exact) mass is 125 g/mol. The molecule has 0 bridgehead atoms. The minimum Gasteiger partial charge on any atom is -0.317 e. The zero-order valence-electron chi connectivity index (χ0n) is 6.28. The van der Waals surface area contributed by atoms with Gasteiger partial charge in [-0.15, -0.1) is 0 Å². The zero-order chi connectivity index (χ0) is 6.69. The maximum atomic E-state index is 3.29. The lowest BCUT2D eigenvalue weighted by Crippen LogP contribution is -2.26. The molecule has 0 aromatic rings. The minimum absolute atomic E-state index is 0.745. The number of hydrogen-bond donors (Lipinski definition) is 1. The number of hydrogen-bond acceptors (Lipinski definition) is 1. The Morgan fingerprint density at radius 3 is 2.89 bits per heavy atom. The van der Waals surface area contributed by atoms with Crippen LogP contribution in [0.15, 0.2) is 11.6 Å². The van der Waals surface area contributed by atoms with Crippen LogP contribution in [0, 0.1) is 0 Å². The fraction of sp³-hybridized carbons (Fsp3) is 0.750. The van der Waals surface area contributed by atoms with Gasteiger partial charge in [-0.25, -0.2) is 0 Å². The van der Waals surface area contributed by atoms with Crippen LogP contribution in [-0.4, -0.2) is 13.1 Å². The van der Waals surface area contributed by atoms with Crippen LogP contribution in [-0.2, 0) is 0 Å². The van der Waals surface area contributed by atoms with Gasteiger partial charge < -0.3 is 5.32 Å². The highest BCUT2D eigenvalue weighted by Crippen LogP contribution is 2.16. The third-order valence-electron chi connectivity index (χ3n) is 1.98. The summed E-state index contributed by atoms with van der Waals surface area (Å²) < 4.78 is 0. The van der Waals surface area contributed by atoms with E-state index in [1.165, 1.54) is 19.3 Å². The molecule has 0 saturated carbocycles. The molecule has 1 atom stereocenters. The van der Waals surface area contributed by atoms with Crippen molar-refractivity contribution in [2.75, 3.05) is 7.05 Å². The summed E-state index contributed by atoms with van der Waals surface area (Å²) in [5.41, 5.74) is 1.54. The molecule has 1 heteroatoms. The predicted octanol–water partition coefficient (Wildman–Crippen LogP) is 1.70. The Labute approximate surface area is 57.1 Å².